The second-order valence-corrected chi connectivity index (χ2v) is 5.81. The number of aromatic nitrogens is 1. The van der Waals surface area contributed by atoms with E-state index in [4.69, 9.17) is 10.3 Å². The molecule has 0 amide bonds. The number of aryl methyl sites for hydroxylation is 1. The van der Waals surface area contributed by atoms with Crippen LogP contribution in [-0.4, -0.2) is 29.1 Å². The molecular formula is C15H24N4O. The Morgan fingerprint density at radius 1 is 1.10 bits per heavy atom. The fraction of sp³-hybridized carbons (Fsp3) is 0.733. The molecule has 5 heteroatoms. The van der Waals surface area contributed by atoms with Crippen LogP contribution in [0.4, 0.5) is 0 Å². The lowest BCUT2D eigenvalue weighted by Crippen LogP contribution is -2.38. The van der Waals surface area contributed by atoms with Gasteiger partial charge in [0.2, 0.25) is 0 Å². The number of nitrogens with two attached hydrogens (primary N) is 1. The zero-order valence-corrected chi connectivity index (χ0v) is 12.1. The average Bonchev–Trinajstić information content (AvgIpc) is 2.70. The Balaban J connectivity index is 1.65. The van der Waals surface area contributed by atoms with Crippen molar-refractivity contribution in [3.63, 3.8) is 0 Å². The van der Waals surface area contributed by atoms with Gasteiger partial charge in [-0.2, -0.15) is 0 Å². The topological polar surface area (TPSA) is 67.6 Å². The number of hydrogen-bond acceptors (Lipinski definition) is 3. The fourth-order valence-electron chi connectivity index (χ4n) is 3.13. The molecule has 0 unspecified atom stereocenters. The van der Waals surface area contributed by atoms with Crippen molar-refractivity contribution in [1.82, 2.24) is 10.1 Å². The van der Waals surface area contributed by atoms with Gasteiger partial charge < -0.3 is 15.2 Å². The van der Waals surface area contributed by atoms with Crippen LogP contribution in [0, 0.1) is 0 Å². The van der Waals surface area contributed by atoms with Crippen molar-refractivity contribution in [2.24, 2.45) is 10.7 Å². The third-order valence-corrected chi connectivity index (χ3v) is 4.35. The Kier molecular flexibility index (Phi) is 4.23. The van der Waals surface area contributed by atoms with Gasteiger partial charge >= 0.3 is 0 Å². The number of guanidine groups is 1. The van der Waals surface area contributed by atoms with Gasteiger partial charge in [0.25, 0.3) is 0 Å². The van der Waals surface area contributed by atoms with Crippen molar-refractivity contribution in [3.05, 3.63) is 17.0 Å². The summed E-state index contributed by atoms with van der Waals surface area (Å²) in [5.74, 6) is 1.73. The summed E-state index contributed by atoms with van der Waals surface area (Å²) in [6.45, 7) is 2.62. The van der Waals surface area contributed by atoms with E-state index in [9.17, 15) is 0 Å². The fourth-order valence-corrected chi connectivity index (χ4v) is 3.13. The quantitative estimate of drug-likeness (QED) is 0.664. The summed E-state index contributed by atoms with van der Waals surface area (Å²) in [6, 6.07) is 0. The summed E-state index contributed by atoms with van der Waals surface area (Å²) in [6.07, 6.45) is 9.58. The van der Waals surface area contributed by atoms with Crippen molar-refractivity contribution in [2.45, 2.75) is 57.9 Å². The van der Waals surface area contributed by atoms with Crippen LogP contribution >= 0.6 is 0 Å². The Hall–Kier alpha value is -1.52. The standard InChI is InChI=1S/C15H24N4O/c16-15(19-9-5-1-2-6-10-19)17-11-13-12-7-3-4-8-14(12)20-18-13/h1-11H2,(H2,16,17). The summed E-state index contributed by atoms with van der Waals surface area (Å²) < 4.78 is 5.41. The van der Waals surface area contributed by atoms with Gasteiger partial charge in [0.05, 0.1) is 6.54 Å². The lowest BCUT2D eigenvalue weighted by atomic mass is 9.96. The molecule has 110 valence electrons. The predicted molar refractivity (Wildman–Crippen MR) is 78.5 cm³/mol. The molecule has 0 atom stereocenters. The van der Waals surface area contributed by atoms with E-state index in [1.807, 2.05) is 0 Å². The SMILES string of the molecule is NC(=NCc1noc2c1CCCC2)N1CCCCCC1. The summed E-state index contributed by atoms with van der Waals surface area (Å²) in [5, 5.41) is 4.18. The van der Waals surface area contributed by atoms with E-state index in [1.54, 1.807) is 0 Å². The first-order valence-electron chi connectivity index (χ1n) is 7.86. The minimum atomic E-state index is 0.557. The Morgan fingerprint density at radius 2 is 1.85 bits per heavy atom. The van der Waals surface area contributed by atoms with E-state index in [1.165, 1.54) is 44.1 Å². The van der Waals surface area contributed by atoms with Gasteiger partial charge in [-0.15, -0.1) is 0 Å². The molecule has 1 aromatic rings. The first-order valence-corrected chi connectivity index (χ1v) is 7.86. The number of nitrogens with zero attached hydrogens (tertiary/aromatic N) is 3. The third kappa shape index (κ3) is 2.97. The monoisotopic (exact) mass is 276 g/mol. The molecule has 1 aliphatic heterocycles. The van der Waals surface area contributed by atoms with E-state index in [-0.39, 0.29) is 0 Å². The van der Waals surface area contributed by atoms with Crippen molar-refractivity contribution in [1.29, 1.82) is 0 Å². The summed E-state index contributed by atoms with van der Waals surface area (Å²) >= 11 is 0. The molecule has 1 aliphatic carbocycles. The number of rotatable bonds is 2. The molecule has 1 saturated heterocycles. The van der Waals surface area contributed by atoms with Gasteiger partial charge in [-0.25, -0.2) is 4.99 Å². The molecule has 0 radical (unpaired) electrons. The molecule has 0 spiro atoms. The zero-order valence-electron chi connectivity index (χ0n) is 12.1. The first kappa shape index (κ1) is 13.5. The molecule has 2 aliphatic rings. The van der Waals surface area contributed by atoms with Gasteiger partial charge in [0.1, 0.15) is 11.5 Å². The van der Waals surface area contributed by atoms with E-state index in [0.717, 1.165) is 37.4 Å². The van der Waals surface area contributed by atoms with Crippen molar-refractivity contribution in [2.75, 3.05) is 13.1 Å². The number of hydrogen-bond donors (Lipinski definition) is 1. The maximum Gasteiger partial charge on any atom is 0.191 e. The number of fused-ring (bicyclic) bond motifs is 1. The van der Waals surface area contributed by atoms with Crippen LogP contribution in [0.25, 0.3) is 0 Å². The summed E-state index contributed by atoms with van der Waals surface area (Å²) in [5.41, 5.74) is 8.39. The predicted octanol–water partition coefficient (Wildman–Crippen LogP) is 2.24. The van der Waals surface area contributed by atoms with Crippen LogP contribution in [0.15, 0.2) is 9.52 Å². The van der Waals surface area contributed by atoms with Gasteiger partial charge in [-0.3, -0.25) is 0 Å². The van der Waals surface area contributed by atoms with Crippen molar-refractivity contribution in [3.8, 4) is 0 Å². The minimum absolute atomic E-state index is 0.557. The minimum Gasteiger partial charge on any atom is -0.370 e. The highest BCUT2D eigenvalue weighted by molar-refractivity contribution is 5.78. The molecule has 20 heavy (non-hydrogen) atoms. The first-order chi connectivity index (χ1) is 9.84. The molecule has 0 bridgehead atoms. The Labute approximate surface area is 120 Å². The van der Waals surface area contributed by atoms with Gasteiger partial charge in [0.15, 0.2) is 5.96 Å². The average molecular weight is 276 g/mol. The molecule has 0 saturated carbocycles. The maximum atomic E-state index is 6.13. The molecule has 1 aromatic heterocycles. The van der Waals surface area contributed by atoms with E-state index >= 15 is 0 Å². The lowest BCUT2D eigenvalue weighted by molar-refractivity contribution is 0.368. The Morgan fingerprint density at radius 3 is 2.65 bits per heavy atom. The lowest BCUT2D eigenvalue weighted by Gasteiger charge is -2.21. The van der Waals surface area contributed by atoms with Gasteiger partial charge in [-0.05, 0) is 32.1 Å². The highest BCUT2D eigenvalue weighted by Gasteiger charge is 2.19. The molecule has 1 fully saturated rings. The third-order valence-electron chi connectivity index (χ3n) is 4.35. The van der Waals surface area contributed by atoms with Crippen LogP contribution in [0.2, 0.25) is 0 Å². The number of likely N-dealkylation sites (tertiary alicyclic amines) is 1. The maximum absolute atomic E-state index is 6.13. The molecule has 3 rings (SSSR count). The normalized spacial score (nSPS) is 20.6. The van der Waals surface area contributed by atoms with Crippen LogP contribution < -0.4 is 5.73 Å². The molecule has 5 nitrogen and oxygen atoms in total. The van der Waals surface area contributed by atoms with E-state index in [0.29, 0.717) is 12.5 Å². The summed E-state index contributed by atoms with van der Waals surface area (Å²) in [7, 11) is 0. The van der Waals surface area contributed by atoms with Crippen LogP contribution in [0.1, 0.15) is 55.5 Å². The molecule has 2 heterocycles. The van der Waals surface area contributed by atoms with Crippen molar-refractivity contribution < 1.29 is 4.52 Å². The smallest absolute Gasteiger partial charge is 0.191 e. The molecule has 0 aromatic carbocycles. The van der Waals surface area contributed by atoms with E-state index < -0.39 is 0 Å². The zero-order chi connectivity index (χ0) is 13.8. The van der Waals surface area contributed by atoms with Crippen LogP contribution in [0.5, 0.6) is 0 Å². The van der Waals surface area contributed by atoms with Crippen LogP contribution in [-0.2, 0) is 19.4 Å². The van der Waals surface area contributed by atoms with E-state index in [2.05, 4.69) is 15.0 Å². The molecular weight excluding hydrogens is 252 g/mol. The molecule has 2 N–H and O–H groups in total. The van der Waals surface area contributed by atoms with Crippen LogP contribution in [0.3, 0.4) is 0 Å². The summed E-state index contributed by atoms with van der Waals surface area (Å²) in [4.78, 5) is 6.75. The largest absolute Gasteiger partial charge is 0.370 e. The van der Waals surface area contributed by atoms with Crippen molar-refractivity contribution >= 4 is 5.96 Å². The van der Waals surface area contributed by atoms with Gasteiger partial charge in [0, 0.05) is 25.1 Å². The van der Waals surface area contributed by atoms with Gasteiger partial charge in [-0.1, -0.05) is 18.0 Å². The number of aliphatic imine (C=N–C) groups is 1. The second-order valence-electron chi connectivity index (χ2n) is 5.81. The highest BCUT2D eigenvalue weighted by atomic mass is 16.5. The highest BCUT2D eigenvalue weighted by Crippen LogP contribution is 2.24. The second kappa shape index (κ2) is 6.29. The Bertz CT molecular complexity index is 472.